The van der Waals surface area contributed by atoms with E-state index in [4.69, 9.17) is 0 Å². The summed E-state index contributed by atoms with van der Waals surface area (Å²) in [6, 6.07) is 38.0. The molecule has 6 aromatic rings. The molecule has 192 valence electrons. The summed E-state index contributed by atoms with van der Waals surface area (Å²) in [6.07, 6.45) is 0. The predicted octanol–water partition coefficient (Wildman–Crippen LogP) is 10.2. The van der Waals surface area contributed by atoms with Gasteiger partial charge >= 0.3 is 0 Å². The van der Waals surface area contributed by atoms with Gasteiger partial charge in [-0.05, 0) is 84.6 Å². The zero-order valence-corrected chi connectivity index (χ0v) is 23.9. The summed E-state index contributed by atoms with van der Waals surface area (Å²) in [5.41, 5.74) is 11.5. The van der Waals surface area contributed by atoms with Gasteiger partial charge in [-0.25, -0.2) is 0 Å². The monoisotopic (exact) mass is 524 g/mol. The fraction of sp³-hybridized carbons (Fsp3) is 0.167. The van der Waals surface area contributed by atoms with Crippen molar-refractivity contribution in [2.24, 2.45) is 7.05 Å². The number of anilines is 3. The molecule has 0 unspecified atom stereocenters. The molecule has 39 heavy (non-hydrogen) atoms. The zero-order chi connectivity index (χ0) is 26.9. The minimum absolute atomic E-state index is 0.121. The van der Waals surface area contributed by atoms with E-state index in [2.05, 4.69) is 147 Å². The molecule has 2 nitrogen and oxygen atoms in total. The molecule has 0 bridgehead atoms. The second-order valence-corrected chi connectivity index (χ2v) is 12.3. The average Bonchev–Trinajstić information content (AvgIpc) is 3.20. The van der Waals surface area contributed by atoms with E-state index in [1.54, 1.807) is 0 Å². The first-order valence-electron chi connectivity index (χ1n) is 13.6. The maximum Gasteiger partial charge on any atom is 0.0510 e. The van der Waals surface area contributed by atoms with Crippen LogP contribution in [0.2, 0.25) is 0 Å². The Balaban J connectivity index is 1.49. The van der Waals surface area contributed by atoms with E-state index in [1.165, 1.54) is 70.9 Å². The molecule has 0 spiro atoms. The lowest BCUT2D eigenvalue weighted by atomic mass is 9.73. The van der Waals surface area contributed by atoms with Crippen molar-refractivity contribution in [3.63, 3.8) is 0 Å². The second kappa shape index (κ2) is 8.79. The smallest absolute Gasteiger partial charge is 0.0510 e. The van der Waals surface area contributed by atoms with Crippen LogP contribution in [0.3, 0.4) is 0 Å². The van der Waals surface area contributed by atoms with Crippen LogP contribution in [0.25, 0.3) is 21.8 Å². The highest BCUT2D eigenvalue weighted by Gasteiger charge is 2.37. The molecule has 1 aliphatic rings. The van der Waals surface area contributed by atoms with Gasteiger partial charge < -0.3 is 9.47 Å². The number of nitrogens with zero attached hydrogens (tertiary/aromatic N) is 2. The van der Waals surface area contributed by atoms with E-state index in [1.807, 2.05) is 11.8 Å². The summed E-state index contributed by atoms with van der Waals surface area (Å²) in [7, 11) is 2.22. The lowest BCUT2D eigenvalue weighted by molar-refractivity contribution is 0.632. The SMILES string of the molecule is Cc1ccccc1Sc1cc2c(cc1C)c1cc3c(cc1n2C)C(C)(C)c1ccccc1N3c1ccccc1. The van der Waals surface area contributed by atoms with E-state index >= 15 is 0 Å². The molecule has 0 amide bonds. The topological polar surface area (TPSA) is 8.17 Å². The number of fused-ring (bicyclic) bond motifs is 5. The summed E-state index contributed by atoms with van der Waals surface area (Å²) in [4.78, 5) is 5.07. The van der Waals surface area contributed by atoms with Gasteiger partial charge in [0.15, 0.2) is 0 Å². The van der Waals surface area contributed by atoms with Crippen molar-refractivity contribution in [1.29, 1.82) is 0 Å². The standard InChI is InChI=1S/C36H32N2S/c1-23-13-9-12-18-34(23)39-35-22-32-26(19-24(35)2)27-20-33-29(21-31(27)37(32)5)36(3,4)28-16-10-11-17-30(28)38(33)25-14-7-6-8-15-25/h6-22H,1-5H3. The molecule has 0 fully saturated rings. The number of hydrogen-bond donors (Lipinski definition) is 0. The van der Waals surface area contributed by atoms with Gasteiger partial charge in [-0.1, -0.05) is 80.2 Å². The van der Waals surface area contributed by atoms with Gasteiger partial charge in [0.2, 0.25) is 0 Å². The Morgan fingerprint density at radius 2 is 1.26 bits per heavy atom. The van der Waals surface area contributed by atoms with Crippen molar-refractivity contribution in [3.8, 4) is 0 Å². The number of aryl methyl sites for hydroxylation is 3. The molecular formula is C36H32N2S. The molecule has 0 saturated heterocycles. The van der Waals surface area contributed by atoms with Crippen LogP contribution in [0.4, 0.5) is 17.1 Å². The van der Waals surface area contributed by atoms with Gasteiger partial charge in [-0.2, -0.15) is 0 Å². The lowest BCUT2D eigenvalue weighted by Gasteiger charge is -2.42. The van der Waals surface area contributed by atoms with Gasteiger partial charge in [0.05, 0.1) is 11.4 Å². The Morgan fingerprint density at radius 3 is 2.05 bits per heavy atom. The Labute approximate surface area is 234 Å². The van der Waals surface area contributed by atoms with E-state index in [0.717, 1.165) is 0 Å². The molecule has 7 rings (SSSR count). The third kappa shape index (κ3) is 3.64. The third-order valence-electron chi connectivity index (χ3n) is 8.48. The Hall–Kier alpha value is -3.95. The van der Waals surface area contributed by atoms with Crippen LogP contribution in [0, 0.1) is 13.8 Å². The highest BCUT2D eigenvalue weighted by molar-refractivity contribution is 7.99. The normalized spacial score (nSPS) is 14.0. The predicted molar refractivity (Wildman–Crippen MR) is 167 cm³/mol. The Morgan fingerprint density at radius 1 is 0.590 bits per heavy atom. The van der Waals surface area contributed by atoms with Crippen LogP contribution in [-0.2, 0) is 12.5 Å². The second-order valence-electron chi connectivity index (χ2n) is 11.3. The molecule has 0 N–H and O–H groups in total. The van der Waals surface area contributed by atoms with Gasteiger partial charge in [-0.3, -0.25) is 0 Å². The van der Waals surface area contributed by atoms with Crippen LogP contribution in [0.15, 0.2) is 113 Å². The summed E-state index contributed by atoms with van der Waals surface area (Å²) in [5, 5.41) is 2.62. The molecule has 5 aromatic carbocycles. The lowest BCUT2D eigenvalue weighted by Crippen LogP contribution is -2.30. The molecule has 3 heteroatoms. The molecule has 0 aliphatic carbocycles. The maximum atomic E-state index is 2.45. The molecule has 1 aliphatic heterocycles. The van der Waals surface area contributed by atoms with Crippen LogP contribution >= 0.6 is 11.8 Å². The number of aromatic nitrogens is 1. The van der Waals surface area contributed by atoms with Crippen LogP contribution in [0.5, 0.6) is 0 Å². The van der Waals surface area contributed by atoms with Gasteiger partial charge in [0.1, 0.15) is 0 Å². The van der Waals surface area contributed by atoms with Crippen molar-refractivity contribution in [2.75, 3.05) is 4.90 Å². The van der Waals surface area contributed by atoms with Crippen molar-refractivity contribution in [2.45, 2.75) is 42.9 Å². The first kappa shape index (κ1) is 24.1. The first-order chi connectivity index (χ1) is 18.8. The van der Waals surface area contributed by atoms with E-state index in [0.29, 0.717) is 0 Å². The van der Waals surface area contributed by atoms with Crippen molar-refractivity contribution >= 4 is 50.6 Å². The van der Waals surface area contributed by atoms with E-state index in [9.17, 15) is 0 Å². The van der Waals surface area contributed by atoms with Crippen LogP contribution in [0.1, 0.15) is 36.1 Å². The molecule has 0 atom stereocenters. The largest absolute Gasteiger partial charge is 0.344 e. The number of rotatable bonds is 3. The highest BCUT2D eigenvalue weighted by Crippen LogP contribution is 2.53. The van der Waals surface area contributed by atoms with Crippen LogP contribution in [-0.4, -0.2) is 4.57 Å². The number of para-hydroxylation sites is 2. The number of hydrogen-bond acceptors (Lipinski definition) is 2. The van der Waals surface area contributed by atoms with E-state index in [-0.39, 0.29) is 5.41 Å². The minimum atomic E-state index is -0.121. The Kier molecular flexibility index (Phi) is 5.43. The summed E-state index contributed by atoms with van der Waals surface area (Å²) in [5.74, 6) is 0. The fourth-order valence-electron chi connectivity index (χ4n) is 6.28. The average molecular weight is 525 g/mol. The van der Waals surface area contributed by atoms with Crippen molar-refractivity contribution in [3.05, 3.63) is 125 Å². The summed E-state index contributed by atoms with van der Waals surface area (Å²) >= 11 is 1.87. The highest BCUT2D eigenvalue weighted by atomic mass is 32.2. The van der Waals surface area contributed by atoms with Gasteiger partial charge in [0, 0.05) is 49.7 Å². The van der Waals surface area contributed by atoms with Crippen molar-refractivity contribution < 1.29 is 0 Å². The number of benzene rings is 5. The molecule has 1 aromatic heterocycles. The maximum absolute atomic E-state index is 2.45. The Bertz CT molecular complexity index is 1900. The summed E-state index contributed by atoms with van der Waals surface area (Å²) < 4.78 is 2.38. The quantitative estimate of drug-likeness (QED) is 0.227. The van der Waals surface area contributed by atoms with Gasteiger partial charge in [0.25, 0.3) is 0 Å². The van der Waals surface area contributed by atoms with Crippen LogP contribution < -0.4 is 4.90 Å². The fourth-order valence-corrected chi connectivity index (χ4v) is 7.29. The van der Waals surface area contributed by atoms with Crippen molar-refractivity contribution in [1.82, 2.24) is 4.57 Å². The molecule has 2 heterocycles. The minimum Gasteiger partial charge on any atom is -0.344 e. The van der Waals surface area contributed by atoms with E-state index < -0.39 is 0 Å². The molecule has 0 radical (unpaired) electrons. The molecular weight excluding hydrogens is 492 g/mol. The zero-order valence-electron chi connectivity index (χ0n) is 23.1. The summed E-state index contributed by atoms with van der Waals surface area (Å²) in [6.45, 7) is 9.16. The first-order valence-corrected chi connectivity index (χ1v) is 14.4. The van der Waals surface area contributed by atoms with Gasteiger partial charge in [-0.15, -0.1) is 0 Å². The molecule has 0 saturated carbocycles. The third-order valence-corrected chi connectivity index (χ3v) is 9.82.